The Kier molecular flexibility index (Phi) is 3.77. The van der Waals surface area contributed by atoms with E-state index < -0.39 is 0 Å². The maximum absolute atomic E-state index is 8.47. The smallest absolute Gasteiger partial charge is 0.0609 e. The Morgan fingerprint density at radius 2 is 2.00 bits per heavy atom. The molecular weight excluding hydrogens is 106 g/mol. The van der Waals surface area contributed by atoms with Gasteiger partial charge in [-0.1, -0.05) is 13.8 Å². The monoisotopic (exact) mass is 119 g/mol. The summed E-state index contributed by atoms with van der Waals surface area (Å²) in [6.45, 7) is 3.82. The van der Waals surface area contributed by atoms with Crippen molar-refractivity contribution in [1.29, 1.82) is 0 Å². The fourth-order valence-electron chi connectivity index (χ4n) is 0.401. The molecule has 50 valence electrons. The maximum Gasteiger partial charge on any atom is 0.0609 e. The molecule has 0 aliphatic heterocycles. The van der Waals surface area contributed by atoms with Gasteiger partial charge in [-0.25, -0.2) is 0 Å². The van der Waals surface area contributed by atoms with Crippen molar-refractivity contribution in [1.82, 2.24) is 5.48 Å². The summed E-state index contributed by atoms with van der Waals surface area (Å²) in [5, 5.41) is 16.8. The number of hydrogen-bond acceptors (Lipinski definition) is 3. The van der Waals surface area contributed by atoms with Gasteiger partial charge in [0.25, 0.3) is 0 Å². The highest BCUT2D eigenvalue weighted by Crippen LogP contribution is 1.97. The predicted molar refractivity (Wildman–Crippen MR) is 30.6 cm³/mol. The molecule has 0 radical (unpaired) electrons. The van der Waals surface area contributed by atoms with E-state index in [9.17, 15) is 0 Å². The van der Waals surface area contributed by atoms with E-state index in [4.69, 9.17) is 10.3 Å². The van der Waals surface area contributed by atoms with Crippen molar-refractivity contribution in [2.24, 2.45) is 5.92 Å². The van der Waals surface area contributed by atoms with E-state index in [0.29, 0.717) is 0 Å². The van der Waals surface area contributed by atoms with Crippen LogP contribution in [-0.4, -0.2) is 23.0 Å². The number of nitrogens with one attached hydrogen (secondary N) is 1. The molecule has 0 aliphatic rings. The third kappa shape index (κ3) is 2.26. The quantitative estimate of drug-likeness (QED) is 0.458. The van der Waals surface area contributed by atoms with Gasteiger partial charge in [0, 0.05) is 0 Å². The second-order valence-corrected chi connectivity index (χ2v) is 2.16. The zero-order valence-electron chi connectivity index (χ0n) is 5.26. The summed E-state index contributed by atoms with van der Waals surface area (Å²) in [4.78, 5) is 0. The van der Waals surface area contributed by atoms with Gasteiger partial charge in [-0.15, -0.1) is 0 Å². The van der Waals surface area contributed by atoms with E-state index in [0.717, 1.165) is 0 Å². The van der Waals surface area contributed by atoms with Crippen molar-refractivity contribution >= 4 is 0 Å². The normalized spacial score (nSPS) is 14.6. The average Bonchev–Trinajstić information content (AvgIpc) is 1.69. The Morgan fingerprint density at radius 1 is 1.50 bits per heavy atom. The van der Waals surface area contributed by atoms with Crippen LogP contribution in [0, 0.1) is 5.92 Å². The third-order valence-electron chi connectivity index (χ3n) is 1.17. The molecule has 0 aliphatic carbocycles. The van der Waals surface area contributed by atoms with E-state index in [-0.39, 0.29) is 18.6 Å². The van der Waals surface area contributed by atoms with Gasteiger partial charge in [0.1, 0.15) is 0 Å². The molecule has 0 fully saturated rings. The largest absolute Gasteiger partial charge is 0.395 e. The number of hydroxylamine groups is 1. The van der Waals surface area contributed by atoms with Crippen LogP contribution in [0.1, 0.15) is 13.8 Å². The minimum atomic E-state index is -0.185. The van der Waals surface area contributed by atoms with Crippen LogP contribution in [0.25, 0.3) is 0 Å². The second-order valence-electron chi connectivity index (χ2n) is 2.16. The molecule has 0 aromatic heterocycles. The number of hydrogen-bond donors (Lipinski definition) is 3. The summed E-state index contributed by atoms with van der Waals surface area (Å²) < 4.78 is 0. The first-order chi connectivity index (χ1) is 3.72. The highest BCUT2D eigenvalue weighted by Gasteiger charge is 2.08. The number of rotatable bonds is 3. The van der Waals surface area contributed by atoms with Crippen LogP contribution in [0.5, 0.6) is 0 Å². The lowest BCUT2D eigenvalue weighted by molar-refractivity contribution is 0.0691. The maximum atomic E-state index is 8.47. The summed E-state index contributed by atoms with van der Waals surface area (Å²) in [6.07, 6.45) is 0. The molecule has 0 aromatic rings. The molecule has 0 heterocycles. The fourth-order valence-corrected chi connectivity index (χ4v) is 0.401. The lowest BCUT2D eigenvalue weighted by atomic mass is 10.1. The van der Waals surface area contributed by atoms with Gasteiger partial charge in [0.2, 0.25) is 0 Å². The third-order valence-corrected chi connectivity index (χ3v) is 1.17. The van der Waals surface area contributed by atoms with Crippen LogP contribution in [0.3, 0.4) is 0 Å². The lowest BCUT2D eigenvalue weighted by Gasteiger charge is -2.14. The second kappa shape index (κ2) is 3.83. The van der Waals surface area contributed by atoms with Crippen molar-refractivity contribution in [3.63, 3.8) is 0 Å². The molecule has 0 spiro atoms. The van der Waals surface area contributed by atoms with E-state index in [1.807, 2.05) is 19.3 Å². The molecule has 0 rings (SSSR count). The van der Waals surface area contributed by atoms with Crippen LogP contribution >= 0.6 is 0 Å². The van der Waals surface area contributed by atoms with Gasteiger partial charge in [-0.2, -0.15) is 5.48 Å². The van der Waals surface area contributed by atoms with Gasteiger partial charge in [0.15, 0.2) is 0 Å². The average molecular weight is 119 g/mol. The van der Waals surface area contributed by atoms with Crippen LogP contribution < -0.4 is 5.48 Å². The highest BCUT2D eigenvalue weighted by molar-refractivity contribution is 4.62. The van der Waals surface area contributed by atoms with Gasteiger partial charge < -0.3 is 10.3 Å². The van der Waals surface area contributed by atoms with Gasteiger partial charge in [0.05, 0.1) is 12.6 Å². The Labute approximate surface area is 49.3 Å². The molecule has 3 N–H and O–H groups in total. The van der Waals surface area contributed by atoms with Crippen molar-refractivity contribution in [3.05, 3.63) is 0 Å². The van der Waals surface area contributed by atoms with Crippen molar-refractivity contribution in [2.75, 3.05) is 6.61 Å². The zero-order valence-corrected chi connectivity index (χ0v) is 5.26. The van der Waals surface area contributed by atoms with E-state index >= 15 is 0 Å². The summed E-state index contributed by atoms with van der Waals surface area (Å²) in [7, 11) is 0. The molecule has 0 bridgehead atoms. The van der Waals surface area contributed by atoms with E-state index in [2.05, 4.69) is 0 Å². The minimum Gasteiger partial charge on any atom is -0.395 e. The molecule has 0 unspecified atom stereocenters. The Bertz CT molecular complexity index is 52.4. The Balaban J connectivity index is 3.35. The molecule has 0 saturated carbocycles. The molecule has 8 heavy (non-hydrogen) atoms. The first-order valence-electron chi connectivity index (χ1n) is 2.72. The van der Waals surface area contributed by atoms with Crippen LogP contribution in [-0.2, 0) is 0 Å². The van der Waals surface area contributed by atoms with Gasteiger partial charge >= 0.3 is 0 Å². The van der Waals surface area contributed by atoms with Crippen LogP contribution in [0.15, 0.2) is 0 Å². The Morgan fingerprint density at radius 3 is 2.00 bits per heavy atom. The summed E-state index contributed by atoms with van der Waals surface area (Å²) in [5.74, 6) is 0.269. The lowest BCUT2D eigenvalue weighted by Crippen LogP contribution is -2.34. The van der Waals surface area contributed by atoms with E-state index in [1.165, 1.54) is 0 Å². The summed E-state index contributed by atoms with van der Waals surface area (Å²) >= 11 is 0. The number of aliphatic hydroxyl groups is 1. The first-order valence-corrected chi connectivity index (χ1v) is 2.72. The molecule has 0 saturated heterocycles. The molecule has 3 heteroatoms. The van der Waals surface area contributed by atoms with Crippen molar-refractivity contribution < 1.29 is 10.3 Å². The van der Waals surface area contributed by atoms with Crippen LogP contribution in [0.4, 0.5) is 0 Å². The van der Waals surface area contributed by atoms with Crippen molar-refractivity contribution in [2.45, 2.75) is 19.9 Å². The minimum absolute atomic E-state index is 0.0197. The standard InChI is InChI=1S/C5H13NO2/c1-4(2)5(3-7)6-8/h4-8H,3H2,1-2H3/t5-/m1/s1. The molecular formula is C5H13NO2. The van der Waals surface area contributed by atoms with Crippen molar-refractivity contribution in [3.8, 4) is 0 Å². The Hall–Kier alpha value is -0.120. The van der Waals surface area contributed by atoms with Gasteiger partial charge in [-0.3, -0.25) is 0 Å². The first kappa shape index (κ1) is 7.88. The van der Waals surface area contributed by atoms with E-state index in [1.54, 1.807) is 0 Å². The fraction of sp³-hybridized carbons (Fsp3) is 1.00. The molecule has 0 aromatic carbocycles. The highest BCUT2D eigenvalue weighted by atomic mass is 16.5. The molecule has 1 atom stereocenters. The predicted octanol–water partition coefficient (Wildman–Crippen LogP) is -0.0179. The SMILES string of the molecule is CC(C)[C@@H](CO)NO. The zero-order chi connectivity index (χ0) is 6.57. The van der Waals surface area contributed by atoms with Crippen LogP contribution in [0.2, 0.25) is 0 Å². The summed E-state index contributed by atoms with van der Waals surface area (Å²) in [5.41, 5.74) is 2.00. The number of aliphatic hydroxyl groups excluding tert-OH is 1. The van der Waals surface area contributed by atoms with Gasteiger partial charge in [-0.05, 0) is 5.92 Å². The summed E-state index contributed by atoms with van der Waals surface area (Å²) in [6, 6.07) is -0.185. The topological polar surface area (TPSA) is 52.5 Å². The molecule has 0 amide bonds. The molecule has 3 nitrogen and oxygen atoms in total.